The molecule has 2 N–H and O–H groups in total. The number of carbonyl (C=O) groups is 3. The Labute approximate surface area is 240 Å². The fourth-order valence-corrected chi connectivity index (χ4v) is 4.77. The molecular formula is C32H63N3O4. The number of ketones is 1. The van der Waals surface area contributed by atoms with Crippen LogP contribution in [0.25, 0.3) is 0 Å². The smallest absolute Gasteiger partial charge is 0.220 e. The lowest BCUT2D eigenvalue weighted by molar-refractivity contribution is -0.840. The van der Waals surface area contributed by atoms with Crippen molar-refractivity contribution >= 4 is 17.6 Å². The zero-order chi connectivity index (χ0) is 29.0. The van der Waals surface area contributed by atoms with Crippen molar-refractivity contribution in [3.63, 3.8) is 0 Å². The minimum atomic E-state index is -0.371. The molecule has 7 heteroatoms. The molecule has 230 valence electrons. The van der Waals surface area contributed by atoms with Crippen molar-refractivity contribution in [2.24, 2.45) is 0 Å². The predicted octanol–water partition coefficient (Wildman–Crippen LogP) is 7.35. The van der Waals surface area contributed by atoms with Crippen LogP contribution in [0.3, 0.4) is 0 Å². The van der Waals surface area contributed by atoms with E-state index in [0.29, 0.717) is 45.3 Å². The summed E-state index contributed by atoms with van der Waals surface area (Å²) in [7, 11) is 3.15. The highest BCUT2D eigenvalue weighted by molar-refractivity contribution is 5.84. The van der Waals surface area contributed by atoms with Gasteiger partial charge in [0, 0.05) is 45.2 Å². The standard InChI is InChI=1S/C32H63N3O4/c1-4-5-6-7-8-9-10-11-12-13-14-15-16-17-18-19-20-24-31(37)33-27-21-23-30(36)25-26-32(38)34-28-22-29-35(2,3)39/h4-29H2,1-3H3,(H,33,37)(H,34,38). The van der Waals surface area contributed by atoms with Gasteiger partial charge in [-0.05, 0) is 12.8 Å². The zero-order valence-electron chi connectivity index (χ0n) is 26.0. The number of nitrogens with one attached hydrogen (secondary N) is 2. The molecule has 0 rings (SSSR count). The highest BCUT2D eigenvalue weighted by atomic mass is 16.5. The minimum absolute atomic E-state index is 0.0462. The SMILES string of the molecule is CCCCCCCCCCCCCCCCCCCC(=O)NCCCC(=O)CCC(=O)NCCC[N+](C)(C)[O-]. The molecule has 0 unspecified atom stereocenters. The van der Waals surface area contributed by atoms with Crippen LogP contribution in [0.5, 0.6) is 0 Å². The van der Waals surface area contributed by atoms with Gasteiger partial charge in [0.1, 0.15) is 5.78 Å². The molecule has 0 aliphatic rings. The second-order valence-corrected chi connectivity index (χ2v) is 11.9. The largest absolute Gasteiger partial charge is 0.633 e. The van der Waals surface area contributed by atoms with Crippen LogP contribution in [-0.2, 0) is 14.4 Å². The summed E-state index contributed by atoms with van der Waals surface area (Å²) in [5, 5.41) is 17.1. The van der Waals surface area contributed by atoms with E-state index in [4.69, 9.17) is 0 Å². The van der Waals surface area contributed by atoms with Crippen LogP contribution in [0.1, 0.15) is 155 Å². The van der Waals surface area contributed by atoms with Crippen LogP contribution in [-0.4, -0.2) is 56.0 Å². The average molecular weight is 554 g/mol. The molecule has 0 fully saturated rings. The van der Waals surface area contributed by atoms with Crippen LogP contribution >= 0.6 is 0 Å². The Balaban J connectivity index is 3.38. The Morgan fingerprint density at radius 1 is 0.513 bits per heavy atom. The molecule has 0 aliphatic carbocycles. The summed E-state index contributed by atoms with van der Waals surface area (Å²) in [6.45, 7) is 3.70. The molecule has 0 saturated heterocycles. The van der Waals surface area contributed by atoms with Crippen molar-refractivity contribution in [2.75, 3.05) is 33.7 Å². The van der Waals surface area contributed by atoms with Crippen LogP contribution in [0.4, 0.5) is 0 Å². The first kappa shape index (κ1) is 37.5. The van der Waals surface area contributed by atoms with Crippen LogP contribution in [0.15, 0.2) is 0 Å². The van der Waals surface area contributed by atoms with Crippen LogP contribution in [0.2, 0.25) is 0 Å². The fraction of sp³-hybridized carbons (Fsp3) is 0.906. The summed E-state index contributed by atoms with van der Waals surface area (Å²) in [6, 6.07) is 0. The summed E-state index contributed by atoms with van der Waals surface area (Å²) < 4.78 is -0.371. The van der Waals surface area contributed by atoms with Gasteiger partial charge in [-0.15, -0.1) is 0 Å². The fourth-order valence-electron chi connectivity index (χ4n) is 4.77. The summed E-state index contributed by atoms with van der Waals surface area (Å²) in [4.78, 5) is 35.7. The first-order chi connectivity index (χ1) is 18.7. The maximum absolute atomic E-state index is 12.0. The molecule has 0 aromatic rings. The Morgan fingerprint density at radius 2 is 0.923 bits per heavy atom. The average Bonchev–Trinajstić information content (AvgIpc) is 2.89. The van der Waals surface area contributed by atoms with Crippen LogP contribution < -0.4 is 10.6 Å². The van der Waals surface area contributed by atoms with E-state index >= 15 is 0 Å². The van der Waals surface area contributed by atoms with Crippen molar-refractivity contribution in [1.82, 2.24) is 10.6 Å². The molecule has 0 aromatic carbocycles. The number of carbonyl (C=O) groups excluding carboxylic acids is 3. The van der Waals surface area contributed by atoms with Gasteiger partial charge in [0.05, 0.1) is 20.6 Å². The van der Waals surface area contributed by atoms with E-state index in [2.05, 4.69) is 17.6 Å². The Morgan fingerprint density at radius 3 is 1.38 bits per heavy atom. The van der Waals surface area contributed by atoms with Gasteiger partial charge in [-0.3, -0.25) is 14.4 Å². The number of hydrogen-bond donors (Lipinski definition) is 2. The molecule has 0 aromatic heterocycles. The minimum Gasteiger partial charge on any atom is -0.633 e. The topological polar surface area (TPSA) is 98.3 Å². The summed E-state index contributed by atoms with van der Waals surface area (Å²) in [6.07, 6.45) is 25.2. The molecule has 39 heavy (non-hydrogen) atoms. The second-order valence-electron chi connectivity index (χ2n) is 11.9. The molecule has 0 radical (unpaired) electrons. The normalized spacial score (nSPS) is 11.5. The summed E-state index contributed by atoms with van der Waals surface area (Å²) in [5.41, 5.74) is 0. The van der Waals surface area contributed by atoms with Crippen molar-refractivity contribution in [2.45, 2.75) is 155 Å². The lowest BCUT2D eigenvalue weighted by Crippen LogP contribution is -2.35. The zero-order valence-corrected chi connectivity index (χ0v) is 26.0. The van der Waals surface area contributed by atoms with E-state index in [1.54, 1.807) is 14.1 Å². The molecule has 2 amide bonds. The van der Waals surface area contributed by atoms with E-state index in [0.717, 1.165) is 12.8 Å². The Bertz CT molecular complexity index is 605. The molecule has 0 bridgehead atoms. The lowest BCUT2D eigenvalue weighted by Gasteiger charge is -2.33. The van der Waals surface area contributed by atoms with Crippen molar-refractivity contribution in [3.05, 3.63) is 5.21 Å². The van der Waals surface area contributed by atoms with E-state index in [1.165, 1.54) is 96.3 Å². The van der Waals surface area contributed by atoms with Gasteiger partial charge in [-0.25, -0.2) is 0 Å². The maximum Gasteiger partial charge on any atom is 0.220 e. The van der Waals surface area contributed by atoms with Gasteiger partial charge in [0.2, 0.25) is 11.8 Å². The number of rotatable bonds is 29. The van der Waals surface area contributed by atoms with Gasteiger partial charge in [0.15, 0.2) is 0 Å². The third kappa shape index (κ3) is 30.9. The molecule has 0 spiro atoms. The van der Waals surface area contributed by atoms with E-state index in [1.807, 2.05) is 0 Å². The highest BCUT2D eigenvalue weighted by Gasteiger charge is 2.08. The van der Waals surface area contributed by atoms with Crippen molar-refractivity contribution in [1.29, 1.82) is 0 Å². The first-order valence-electron chi connectivity index (χ1n) is 16.3. The van der Waals surface area contributed by atoms with Crippen LogP contribution in [0, 0.1) is 5.21 Å². The van der Waals surface area contributed by atoms with Gasteiger partial charge in [-0.2, -0.15) is 0 Å². The Kier molecular flexibility index (Phi) is 25.7. The molecule has 0 atom stereocenters. The number of hydroxylamine groups is 3. The number of unbranched alkanes of at least 4 members (excludes halogenated alkanes) is 16. The quantitative estimate of drug-likeness (QED) is 0.0574. The van der Waals surface area contributed by atoms with E-state index < -0.39 is 0 Å². The molecule has 7 nitrogen and oxygen atoms in total. The summed E-state index contributed by atoms with van der Waals surface area (Å²) >= 11 is 0. The van der Waals surface area contributed by atoms with Gasteiger partial charge in [0.25, 0.3) is 0 Å². The number of nitrogens with zero attached hydrogens (tertiary/aromatic N) is 1. The van der Waals surface area contributed by atoms with Gasteiger partial charge >= 0.3 is 0 Å². The van der Waals surface area contributed by atoms with Gasteiger partial charge in [-0.1, -0.05) is 110 Å². The molecule has 0 heterocycles. The second kappa shape index (κ2) is 26.7. The van der Waals surface area contributed by atoms with Crippen molar-refractivity contribution < 1.29 is 19.0 Å². The number of Topliss-reactive ketones (excluding diaryl/α,β-unsaturated/α-hetero) is 1. The first-order valence-corrected chi connectivity index (χ1v) is 16.3. The monoisotopic (exact) mass is 553 g/mol. The molecule has 0 aliphatic heterocycles. The van der Waals surface area contributed by atoms with E-state index in [-0.39, 0.29) is 35.1 Å². The number of quaternary nitrogens is 1. The summed E-state index contributed by atoms with van der Waals surface area (Å²) in [5.74, 6) is -0.0328. The molecular weight excluding hydrogens is 490 g/mol. The van der Waals surface area contributed by atoms with Crippen molar-refractivity contribution in [3.8, 4) is 0 Å². The van der Waals surface area contributed by atoms with E-state index in [9.17, 15) is 19.6 Å². The third-order valence-electron chi connectivity index (χ3n) is 7.29. The third-order valence-corrected chi connectivity index (χ3v) is 7.29. The Hall–Kier alpha value is -1.47. The number of hydrogen-bond acceptors (Lipinski definition) is 4. The maximum atomic E-state index is 12.0. The lowest BCUT2D eigenvalue weighted by atomic mass is 10.0. The predicted molar refractivity (Wildman–Crippen MR) is 163 cm³/mol. The van der Waals surface area contributed by atoms with Gasteiger partial charge < -0.3 is 20.5 Å². The number of amides is 2. The molecule has 0 saturated carbocycles. The highest BCUT2D eigenvalue weighted by Crippen LogP contribution is 2.14.